The third-order valence-electron chi connectivity index (χ3n) is 3.71. The predicted molar refractivity (Wildman–Crippen MR) is 63.1 cm³/mol. The average Bonchev–Trinajstić information content (AvgIpc) is 2.76. The minimum atomic E-state index is 0. The Morgan fingerprint density at radius 2 is 1.87 bits per heavy atom. The maximum atomic E-state index is 12.0. The highest BCUT2D eigenvalue weighted by molar-refractivity contribution is 5.85. The molecular weight excluding hydrogens is 212 g/mol. The molecule has 0 aromatic heterocycles. The van der Waals surface area contributed by atoms with Crippen LogP contribution in [-0.2, 0) is 4.79 Å². The summed E-state index contributed by atoms with van der Waals surface area (Å²) >= 11 is 0. The van der Waals surface area contributed by atoms with Gasteiger partial charge in [-0.3, -0.25) is 4.79 Å². The fourth-order valence-corrected chi connectivity index (χ4v) is 2.43. The van der Waals surface area contributed by atoms with Crippen LogP contribution in [0.25, 0.3) is 0 Å². The van der Waals surface area contributed by atoms with Gasteiger partial charge in [0.05, 0.1) is 5.92 Å². The van der Waals surface area contributed by atoms with Crippen LogP contribution in [0.15, 0.2) is 0 Å². The van der Waals surface area contributed by atoms with Gasteiger partial charge in [0.15, 0.2) is 0 Å². The van der Waals surface area contributed by atoms with Gasteiger partial charge in [-0.2, -0.15) is 0 Å². The summed E-state index contributed by atoms with van der Waals surface area (Å²) in [5.74, 6) is 1.99. The summed E-state index contributed by atoms with van der Waals surface area (Å²) in [6.45, 7) is 8.32. The van der Waals surface area contributed by atoms with E-state index in [1.165, 1.54) is 0 Å². The van der Waals surface area contributed by atoms with Gasteiger partial charge in [-0.1, -0.05) is 13.8 Å². The van der Waals surface area contributed by atoms with E-state index in [1.807, 2.05) is 0 Å². The normalized spacial score (nSPS) is 35.3. The lowest BCUT2D eigenvalue weighted by Crippen LogP contribution is -2.35. The minimum Gasteiger partial charge on any atom is -0.342 e. The SMILES string of the molecule is CC1CN(C(=O)[C@H]2CCNC2)CC1C.Cl. The molecule has 0 aromatic rings. The van der Waals surface area contributed by atoms with Gasteiger partial charge in [0.1, 0.15) is 0 Å². The van der Waals surface area contributed by atoms with Crippen LogP contribution in [0.4, 0.5) is 0 Å². The van der Waals surface area contributed by atoms with E-state index in [-0.39, 0.29) is 18.3 Å². The first-order valence-electron chi connectivity index (χ1n) is 5.68. The quantitative estimate of drug-likeness (QED) is 0.735. The molecule has 0 radical (unpaired) electrons. The molecule has 2 unspecified atom stereocenters. The van der Waals surface area contributed by atoms with Crippen molar-refractivity contribution in [1.29, 1.82) is 0 Å². The molecule has 2 heterocycles. The van der Waals surface area contributed by atoms with Crippen LogP contribution in [-0.4, -0.2) is 37.0 Å². The summed E-state index contributed by atoms with van der Waals surface area (Å²) in [4.78, 5) is 14.1. The van der Waals surface area contributed by atoms with Crippen LogP contribution < -0.4 is 5.32 Å². The lowest BCUT2D eigenvalue weighted by molar-refractivity contribution is -0.134. The van der Waals surface area contributed by atoms with E-state index in [1.54, 1.807) is 0 Å². The van der Waals surface area contributed by atoms with Crippen LogP contribution in [0, 0.1) is 17.8 Å². The Balaban J connectivity index is 0.00000112. The first kappa shape index (κ1) is 12.8. The van der Waals surface area contributed by atoms with E-state index in [4.69, 9.17) is 0 Å². The molecule has 2 aliphatic rings. The predicted octanol–water partition coefficient (Wildman–Crippen LogP) is 1.13. The molecule has 0 aliphatic carbocycles. The van der Waals surface area contributed by atoms with Crippen molar-refractivity contribution >= 4 is 18.3 Å². The highest BCUT2D eigenvalue weighted by Crippen LogP contribution is 2.24. The first-order valence-corrected chi connectivity index (χ1v) is 5.68. The first-order chi connectivity index (χ1) is 6.68. The summed E-state index contributed by atoms with van der Waals surface area (Å²) in [7, 11) is 0. The molecule has 2 fully saturated rings. The molecule has 3 atom stereocenters. The highest BCUT2D eigenvalue weighted by atomic mass is 35.5. The van der Waals surface area contributed by atoms with Crippen LogP contribution in [0.3, 0.4) is 0 Å². The zero-order valence-electron chi connectivity index (χ0n) is 9.53. The number of likely N-dealkylation sites (tertiary alicyclic amines) is 1. The molecule has 0 bridgehead atoms. The fraction of sp³-hybridized carbons (Fsp3) is 0.909. The van der Waals surface area contributed by atoms with E-state index in [2.05, 4.69) is 24.1 Å². The molecule has 1 amide bonds. The molecule has 2 saturated heterocycles. The van der Waals surface area contributed by atoms with Crippen LogP contribution in [0.5, 0.6) is 0 Å². The molecule has 3 nitrogen and oxygen atoms in total. The molecule has 88 valence electrons. The Hall–Kier alpha value is -0.280. The molecule has 0 spiro atoms. The molecule has 1 N–H and O–H groups in total. The van der Waals surface area contributed by atoms with Crippen LogP contribution in [0.2, 0.25) is 0 Å². The van der Waals surface area contributed by atoms with E-state index >= 15 is 0 Å². The molecular formula is C11H21ClN2O. The second kappa shape index (κ2) is 5.17. The maximum Gasteiger partial charge on any atom is 0.227 e. The standard InChI is InChI=1S/C11H20N2O.ClH/c1-8-6-13(7-9(8)2)11(14)10-3-4-12-5-10;/h8-10,12H,3-7H2,1-2H3;1H/t8?,9?,10-;/m0./s1. The van der Waals surface area contributed by atoms with Gasteiger partial charge in [0.2, 0.25) is 5.91 Å². The topological polar surface area (TPSA) is 32.3 Å². The Bertz CT molecular complexity index is 219. The van der Waals surface area contributed by atoms with Crippen molar-refractivity contribution in [2.75, 3.05) is 26.2 Å². The van der Waals surface area contributed by atoms with Crippen molar-refractivity contribution in [3.63, 3.8) is 0 Å². The second-order valence-corrected chi connectivity index (χ2v) is 4.89. The Morgan fingerprint density at radius 1 is 1.27 bits per heavy atom. The Morgan fingerprint density at radius 3 is 2.33 bits per heavy atom. The molecule has 0 saturated carbocycles. The highest BCUT2D eigenvalue weighted by Gasteiger charge is 2.33. The van der Waals surface area contributed by atoms with Gasteiger partial charge in [0.25, 0.3) is 0 Å². The zero-order valence-corrected chi connectivity index (χ0v) is 10.3. The van der Waals surface area contributed by atoms with Crippen molar-refractivity contribution in [2.24, 2.45) is 17.8 Å². The van der Waals surface area contributed by atoms with Crippen LogP contribution in [0.1, 0.15) is 20.3 Å². The number of halogens is 1. The maximum absolute atomic E-state index is 12.0. The summed E-state index contributed by atoms with van der Waals surface area (Å²) < 4.78 is 0. The third kappa shape index (κ3) is 2.64. The van der Waals surface area contributed by atoms with Crippen molar-refractivity contribution < 1.29 is 4.79 Å². The monoisotopic (exact) mass is 232 g/mol. The van der Waals surface area contributed by atoms with Gasteiger partial charge in [-0.25, -0.2) is 0 Å². The molecule has 0 aromatic carbocycles. The van der Waals surface area contributed by atoms with Crippen molar-refractivity contribution in [3.8, 4) is 0 Å². The number of nitrogens with zero attached hydrogens (tertiary/aromatic N) is 1. The fourth-order valence-electron chi connectivity index (χ4n) is 2.43. The number of rotatable bonds is 1. The van der Waals surface area contributed by atoms with Crippen molar-refractivity contribution in [3.05, 3.63) is 0 Å². The third-order valence-corrected chi connectivity index (χ3v) is 3.71. The van der Waals surface area contributed by atoms with Gasteiger partial charge in [0, 0.05) is 19.6 Å². The number of nitrogens with one attached hydrogen (secondary N) is 1. The molecule has 2 aliphatic heterocycles. The van der Waals surface area contributed by atoms with Crippen molar-refractivity contribution in [2.45, 2.75) is 20.3 Å². The minimum absolute atomic E-state index is 0. The van der Waals surface area contributed by atoms with E-state index in [0.29, 0.717) is 17.7 Å². The van der Waals surface area contributed by atoms with Gasteiger partial charge >= 0.3 is 0 Å². The number of carbonyl (C=O) groups is 1. The molecule has 4 heteroatoms. The van der Waals surface area contributed by atoms with Gasteiger partial charge in [-0.05, 0) is 24.8 Å². The van der Waals surface area contributed by atoms with Gasteiger partial charge < -0.3 is 10.2 Å². The number of amides is 1. The molecule has 2 rings (SSSR count). The lowest BCUT2D eigenvalue weighted by Gasteiger charge is -2.19. The Labute approximate surface area is 98.0 Å². The number of carbonyl (C=O) groups excluding carboxylic acids is 1. The molecule has 15 heavy (non-hydrogen) atoms. The van der Waals surface area contributed by atoms with Crippen LogP contribution >= 0.6 is 12.4 Å². The smallest absolute Gasteiger partial charge is 0.227 e. The second-order valence-electron chi connectivity index (χ2n) is 4.89. The number of hydrogen-bond acceptors (Lipinski definition) is 2. The van der Waals surface area contributed by atoms with E-state index < -0.39 is 0 Å². The summed E-state index contributed by atoms with van der Waals surface area (Å²) in [6.07, 6.45) is 1.03. The van der Waals surface area contributed by atoms with Gasteiger partial charge in [-0.15, -0.1) is 12.4 Å². The average molecular weight is 233 g/mol. The number of hydrogen-bond donors (Lipinski definition) is 1. The largest absolute Gasteiger partial charge is 0.342 e. The van der Waals surface area contributed by atoms with E-state index in [0.717, 1.165) is 32.6 Å². The Kier molecular flexibility index (Phi) is 4.41. The summed E-state index contributed by atoms with van der Waals surface area (Å²) in [6, 6.07) is 0. The van der Waals surface area contributed by atoms with Crippen molar-refractivity contribution in [1.82, 2.24) is 10.2 Å². The lowest BCUT2D eigenvalue weighted by atomic mass is 10.0. The zero-order chi connectivity index (χ0) is 10.1. The van der Waals surface area contributed by atoms with E-state index in [9.17, 15) is 4.79 Å². The summed E-state index contributed by atoms with van der Waals surface area (Å²) in [5, 5.41) is 3.25. The summed E-state index contributed by atoms with van der Waals surface area (Å²) in [5.41, 5.74) is 0.